The Hall–Kier alpha value is -0.830. The van der Waals surface area contributed by atoms with Crippen molar-refractivity contribution in [3.8, 4) is 0 Å². The highest BCUT2D eigenvalue weighted by molar-refractivity contribution is 5.55. The van der Waals surface area contributed by atoms with Gasteiger partial charge in [0.05, 0.1) is 0 Å². The summed E-state index contributed by atoms with van der Waals surface area (Å²) in [7, 11) is 1.75. The van der Waals surface area contributed by atoms with Gasteiger partial charge in [-0.1, -0.05) is 19.9 Å². The van der Waals surface area contributed by atoms with Crippen LogP contribution in [-0.2, 0) is 0 Å². The zero-order valence-electron chi connectivity index (χ0n) is 7.70. The van der Waals surface area contributed by atoms with Crippen LogP contribution in [0.2, 0.25) is 0 Å². The molecule has 0 bridgehead atoms. The lowest BCUT2D eigenvalue weighted by Gasteiger charge is -2.06. The largest absolute Gasteiger partial charge is 0.304 e. The van der Waals surface area contributed by atoms with Gasteiger partial charge in [0, 0.05) is 12.7 Å². The summed E-state index contributed by atoms with van der Waals surface area (Å²) in [4.78, 5) is 4.18. The van der Waals surface area contributed by atoms with Crippen LogP contribution in [0.5, 0.6) is 0 Å². The molecule has 0 aromatic rings. The van der Waals surface area contributed by atoms with Crippen LogP contribution in [0, 0.1) is 5.92 Å². The first-order chi connectivity index (χ1) is 5.07. The van der Waals surface area contributed by atoms with E-state index in [0.717, 1.165) is 5.70 Å². The van der Waals surface area contributed by atoms with Crippen molar-refractivity contribution in [3.63, 3.8) is 0 Å². The highest BCUT2D eigenvalue weighted by Crippen LogP contribution is 2.09. The van der Waals surface area contributed by atoms with E-state index in [9.17, 15) is 0 Å². The highest BCUT2D eigenvalue weighted by Gasteiger charge is 1.97. The van der Waals surface area contributed by atoms with Crippen molar-refractivity contribution in [1.82, 2.24) is 5.01 Å². The van der Waals surface area contributed by atoms with Crippen molar-refractivity contribution in [2.75, 3.05) is 7.05 Å². The molecule has 0 aliphatic carbocycles. The number of allylic oxidation sites excluding steroid dienone is 2. The van der Waals surface area contributed by atoms with Crippen molar-refractivity contribution < 1.29 is 0 Å². The second kappa shape index (κ2) is 4.91. The molecule has 64 valence electrons. The summed E-state index contributed by atoms with van der Waals surface area (Å²) in [5, 5.41) is 1.44. The van der Waals surface area contributed by atoms with Crippen LogP contribution in [-0.4, -0.2) is 18.4 Å². The predicted octanol–water partition coefficient (Wildman–Crippen LogP) is 1.38. The zero-order valence-corrected chi connectivity index (χ0v) is 7.70. The number of hydrazine groups is 1. The second-order valence-electron chi connectivity index (χ2n) is 2.78. The van der Waals surface area contributed by atoms with Crippen LogP contribution in [0.15, 0.2) is 16.8 Å². The van der Waals surface area contributed by atoms with Gasteiger partial charge in [0.25, 0.3) is 0 Å². The number of nitrogens with zero attached hydrogens (tertiary/aromatic N) is 2. The van der Waals surface area contributed by atoms with E-state index in [4.69, 9.17) is 5.84 Å². The standard InChI is InChI=1S/C8H17N3/c1-5-8(7(2)3)10-6-11(4)9/h5-7H,9H2,1-4H3/b8-5-,10-6-. The molecule has 2 N–H and O–H groups in total. The molecule has 0 aliphatic rings. The summed E-state index contributed by atoms with van der Waals surface area (Å²) in [5.41, 5.74) is 1.06. The van der Waals surface area contributed by atoms with Crippen LogP contribution in [0.3, 0.4) is 0 Å². The lowest BCUT2D eigenvalue weighted by atomic mass is 10.1. The number of hydrogen-bond acceptors (Lipinski definition) is 2. The second-order valence-corrected chi connectivity index (χ2v) is 2.78. The summed E-state index contributed by atoms with van der Waals surface area (Å²) in [6, 6.07) is 0. The summed E-state index contributed by atoms with van der Waals surface area (Å²) in [5.74, 6) is 5.81. The van der Waals surface area contributed by atoms with Crippen LogP contribution in [0.25, 0.3) is 0 Å². The molecule has 0 amide bonds. The molecule has 0 spiro atoms. The minimum Gasteiger partial charge on any atom is -0.304 e. The quantitative estimate of drug-likeness (QED) is 0.289. The lowest BCUT2D eigenvalue weighted by Crippen LogP contribution is -2.23. The molecule has 0 atom stereocenters. The Balaban J connectivity index is 4.10. The van der Waals surface area contributed by atoms with Gasteiger partial charge in [0.15, 0.2) is 0 Å². The molecule has 0 aliphatic heterocycles. The van der Waals surface area contributed by atoms with E-state index >= 15 is 0 Å². The van der Waals surface area contributed by atoms with Gasteiger partial charge in [-0.25, -0.2) is 10.8 Å². The molecule has 0 fully saturated rings. The molecule has 0 aromatic heterocycles. The van der Waals surface area contributed by atoms with E-state index in [2.05, 4.69) is 18.8 Å². The Labute approximate surface area is 68.6 Å². The van der Waals surface area contributed by atoms with Gasteiger partial charge in [-0.3, -0.25) is 0 Å². The normalized spacial score (nSPS) is 13.1. The van der Waals surface area contributed by atoms with Crippen molar-refractivity contribution in [1.29, 1.82) is 0 Å². The van der Waals surface area contributed by atoms with Crippen LogP contribution in [0.1, 0.15) is 20.8 Å². The predicted molar refractivity (Wildman–Crippen MR) is 49.0 cm³/mol. The minimum absolute atomic E-state index is 0.455. The number of rotatable bonds is 3. The molecule has 0 radical (unpaired) electrons. The minimum atomic E-state index is 0.455. The highest BCUT2D eigenvalue weighted by atomic mass is 15.4. The van der Waals surface area contributed by atoms with E-state index in [0.29, 0.717) is 5.92 Å². The van der Waals surface area contributed by atoms with Gasteiger partial charge in [-0.05, 0) is 12.8 Å². The van der Waals surface area contributed by atoms with E-state index in [-0.39, 0.29) is 0 Å². The van der Waals surface area contributed by atoms with Gasteiger partial charge >= 0.3 is 0 Å². The maximum absolute atomic E-state index is 5.35. The molecule has 3 heteroatoms. The summed E-state index contributed by atoms with van der Waals surface area (Å²) in [6.45, 7) is 6.18. The molecule has 0 rings (SSSR count). The fraction of sp³-hybridized carbons (Fsp3) is 0.625. The van der Waals surface area contributed by atoms with E-state index in [1.165, 1.54) is 5.01 Å². The molecule has 0 aromatic carbocycles. The van der Waals surface area contributed by atoms with Crippen molar-refractivity contribution in [2.45, 2.75) is 20.8 Å². The van der Waals surface area contributed by atoms with E-state index in [1.54, 1.807) is 13.4 Å². The number of hydrogen-bond donors (Lipinski definition) is 1. The Kier molecular flexibility index (Phi) is 4.54. The first kappa shape index (κ1) is 10.2. The van der Waals surface area contributed by atoms with Gasteiger partial charge in [-0.15, -0.1) is 0 Å². The van der Waals surface area contributed by atoms with Crippen molar-refractivity contribution >= 4 is 6.34 Å². The smallest absolute Gasteiger partial charge is 0.105 e. The Morgan fingerprint density at radius 1 is 1.55 bits per heavy atom. The molecular weight excluding hydrogens is 138 g/mol. The topological polar surface area (TPSA) is 41.6 Å². The SMILES string of the molecule is C/C=C(\N=C/N(C)N)C(C)C. The van der Waals surface area contributed by atoms with Gasteiger partial charge < -0.3 is 5.01 Å². The third kappa shape index (κ3) is 4.56. The summed E-state index contributed by atoms with van der Waals surface area (Å²) < 4.78 is 0. The maximum Gasteiger partial charge on any atom is 0.105 e. The molecule has 0 saturated carbocycles. The summed E-state index contributed by atoms with van der Waals surface area (Å²) >= 11 is 0. The molecule has 0 saturated heterocycles. The van der Waals surface area contributed by atoms with E-state index < -0.39 is 0 Å². The molecule has 0 heterocycles. The van der Waals surface area contributed by atoms with Gasteiger partial charge in [0.1, 0.15) is 6.34 Å². The van der Waals surface area contributed by atoms with Crippen LogP contribution < -0.4 is 5.84 Å². The molecule has 11 heavy (non-hydrogen) atoms. The maximum atomic E-state index is 5.35. The third-order valence-electron chi connectivity index (χ3n) is 1.28. The first-order valence-electron chi connectivity index (χ1n) is 3.75. The first-order valence-corrected chi connectivity index (χ1v) is 3.75. The Morgan fingerprint density at radius 3 is 2.36 bits per heavy atom. The number of aliphatic imine (C=N–C) groups is 1. The van der Waals surface area contributed by atoms with Crippen molar-refractivity contribution in [2.24, 2.45) is 16.8 Å². The van der Waals surface area contributed by atoms with E-state index in [1.807, 2.05) is 13.0 Å². The molecule has 3 nitrogen and oxygen atoms in total. The van der Waals surface area contributed by atoms with Crippen LogP contribution >= 0.6 is 0 Å². The van der Waals surface area contributed by atoms with Gasteiger partial charge in [0.2, 0.25) is 0 Å². The van der Waals surface area contributed by atoms with Crippen molar-refractivity contribution in [3.05, 3.63) is 11.8 Å². The summed E-state index contributed by atoms with van der Waals surface area (Å²) in [6.07, 6.45) is 3.60. The Bertz CT molecular complexity index is 157. The lowest BCUT2D eigenvalue weighted by molar-refractivity contribution is 0.553. The third-order valence-corrected chi connectivity index (χ3v) is 1.28. The zero-order chi connectivity index (χ0) is 8.85. The average Bonchev–Trinajstić information content (AvgIpc) is 1.87. The molecule has 0 unspecified atom stereocenters. The Morgan fingerprint density at radius 2 is 2.09 bits per heavy atom. The fourth-order valence-corrected chi connectivity index (χ4v) is 0.715. The van der Waals surface area contributed by atoms with Crippen LogP contribution in [0.4, 0.5) is 0 Å². The monoisotopic (exact) mass is 155 g/mol. The number of nitrogens with two attached hydrogens (primary N) is 1. The fourth-order valence-electron chi connectivity index (χ4n) is 0.715. The van der Waals surface area contributed by atoms with Gasteiger partial charge in [-0.2, -0.15) is 0 Å². The molecular formula is C8H17N3. The average molecular weight is 155 g/mol.